The summed E-state index contributed by atoms with van der Waals surface area (Å²) in [7, 11) is 0. The van der Waals surface area contributed by atoms with Crippen LogP contribution in [-0.2, 0) is 11.8 Å². The van der Waals surface area contributed by atoms with Gasteiger partial charge in [-0.2, -0.15) is 0 Å². The van der Waals surface area contributed by atoms with Crippen LogP contribution in [0.15, 0.2) is 70.3 Å². The molecule has 0 N–H and O–H groups in total. The molecule has 7 aliphatic rings. The third-order valence-corrected chi connectivity index (χ3v) is 12.7. The van der Waals surface area contributed by atoms with E-state index in [2.05, 4.69) is 81.5 Å². The minimum absolute atomic E-state index is 0.0259. The summed E-state index contributed by atoms with van der Waals surface area (Å²) in [6, 6.07) is 12.9. The Kier molecular flexibility index (Phi) is 3.38. The second kappa shape index (κ2) is 5.98. The molecule has 10 rings (SSSR count). The molecule has 0 amide bonds. The maximum absolute atomic E-state index is 14.4. The highest BCUT2D eigenvalue weighted by atomic mass is 16.2. The van der Waals surface area contributed by atoms with Crippen LogP contribution in [-0.4, -0.2) is 13.9 Å². The molecule has 0 radical (unpaired) electrons. The Hall–Kier alpha value is -3.08. The monoisotopic (exact) mass is 491 g/mol. The van der Waals surface area contributed by atoms with Crippen LogP contribution in [0.25, 0.3) is 10.8 Å². The molecule has 1 aromatic heterocycles. The molecule has 7 atom stereocenters. The van der Waals surface area contributed by atoms with Crippen LogP contribution in [0.4, 0.5) is 0 Å². The molecule has 5 heteroatoms. The SMILES string of the molecule is CC1(C)[C@@H]2CC[C@@]1(C)[C@H](n1c(=O)n3n(c1=O)[C@@H]1C=C[C@@H]3[C@@]34C=C[C@@]13CCc1ccc3ccccc3c14)C2. The number of allylic oxidation sites excluding steroid dienone is 4. The number of hydrogen-bond donors (Lipinski definition) is 0. The van der Waals surface area contributed by atoms with Gasteiger partial charge in [-0.1, -0.05) is 81.5 Å². The second-order valence-electron chi connectivity index (χ2n) is 13.6. The van der Waals surface area contributed by atoms with Gasteiger partial charge in [0.15, 0.2) is 0 Å². The molecule has 0 saturated heterocycles. The molecule has 0 unspecified atom stereocenters. The van der Waals surface area contributed by atoms with Gasteiger partial charge < -0.3 is 0 Å². The summed E-state index contributed by atoms with van der Waals surface area (Å²) < 4.78 is 5.43. The first kappa shape index (κ1) is 20.9. The van der Waals surface area contributed by atoms with Gasteiger partial charge in [-0.25, -0.2) is 23.5 Å². The number of aryl methyl sites for hydroxylation is 1. The van der Waals surface area contributed by atoms with Gasteiger partial charge >= 0.3 is 11.4 Å². The molecular formula is C32H33N3O2. The molecule has 4 bridgehead atoms. The lowest BCUT2D eigenvalue weighted by Gasteiger charge is -2.67. The predicted octanol–water partition coefficient (Wildman–Crippen LogP) is 5.46. The Bertz CT molecular complexity index is 1750. The Morgan fingerprint density at radius 3 is 2.32 bits per heavy atom. The highest BCUT2D eigenvalue weighted by molar-refractivity contribution is 5.89. The minimum Gasteiger partial charge on any atom is -0.246 e. The first-order chi connectivity index (χ1) is 17.8. The van der Waals surface area contributed by atoms with Crippen molar-refractivity contribution in [1.29, 1.82) is 0 Å². The van der Waals surface area contributed by atoms with Crippen LogP contribution < -0.4 is 11.4 Å². The van der Waals surface area contributed by atoms with E-state index in [0.29, 0.717) is 5.92 Å². The molecule has 2 aromatic carbocycles. The molecule has 3 heterocycles. The summed E-state index contributed by atoms with van der Waals surface area (Å²) in [6.45, 7) is 7.04. The summed E-state index contributed by atoms with van der Waals surface area (Å²) in [5.74, 6) is 0.571. The van der Waals surface area contributed by atoms with Crippen LogP contribution in [0.5, 0.6) is 0 Å². The van der Waals surface area contributed by atoms with Gasteiger partial charge in [0.1, 0.15) is 0 Å². The van der Waals surface area contributed by atoms with Crippen LogP contribution in [0, 0.1) is 22.2 Å². The van der Waals surface area contributed by atoms with Crippen LogP contribution >= 0.6 is 0 Å². The summed E-state index contributed by atoms with van der Waals surface area (Å²) in [5, 5.41) is 2.54. The lowest BCUT2D eigenvalue weighted by Crippen LogP contribution is -2.67. The quantitative estimate of drug-likeness (QED) is 0.425. The van der Waals surface area contributed by atoms with Crippen molar-refractivity contribution in [1.82, 2.24) is 13.9 Å². The lowest BCUT2D eigenvalue weighted by molar-refractivity contribution is -0.00618. The molecular weight excluding hydrogens is 458 g/mol. The molecule has 0 spiro atoms. The fourth-order valence-electron chi connectivity index (χ4n) is 10.4. The zero-order valence-corrected chi connectivity index (χ0v) is 21.8. The molecule has 2 aliphatic heterocycles. The molecule has 2 fully saturated rings. The maximum Gasteiger partial charge on any atom is 0.348 e. The fraction of sp³-hybridized carbons (Fsp3) is 0.500. The average Bonchev–Trinajstić information content (AvgIpc) is 3.36. The van der Waals surface area contributed by atoms with Gasteiger partial charge in [0.2, 0.25) is 0 Å². The second-order valence-corrected chi connectivity index (χ2v) is 13.6. The van der Waals surface area contributed by atoms with Crippen molar-refractivity contribution in [3.05, 3.63) is 92.8 Å². The maximum atomic E-state index is 14.4. The van der Waals surface area contributed by atoms with E-state index >= 15 is 0 Å². The van der Waals surface area contributed by atoms with Gasteiger partial charge in [0.25, 0.3) is 0 Å². The number of nitrogens with zero attached hydrogens (tertiary/aromatic N) is 3. The van der Waals surface area contributed by atoms with Gasteiger partial charge in [-0.3, -0.25) is 0 Å². The average molecular weight is 492 g/mol. The van der Waals surface area contributed by atoms with Crippen LogP contribution in [0.2, 0.25) is 0 Å². The van der Waals surface area contributed by atoms with Gasteiger partial charge in [-0.15, -0.1) is 0 Å². The van der Waals surface area contributed by atoms with E-state index in [1.807, 2.05) is 9.36 Å². The van der Waals surface area contributed by atoms with Gasteiger partial charge in [-0.05, 0) is 70.8 Å². The fourth-order valence-corrected chi connectivity index (χ4v) is 10.4. The summed E-state index contributed by atoms with van der Waals surface area (Å²) in [6.07, 6.45) is 14.5. The Morgan fingerprint density at radius 1 is 0.865 bits per heavy atom. The number of rotatable bonds is 1. The number of benzene rings is 2. The third kappa shape index (κ3) is 1.89. The first-order valence-electron chi connectivity index (χ1n) is 14.1. The largest absolute Gasteiger partial charge is 0.348 e. The minimum atomic E-state index is -0.291. The molecule has 37 heavy (non-hydrogen) atoms. The third-order valence-electron chi connectivity index (χ3n) is 12.7. The summed E-state index contributed by atoms with van der Waals surface area (Å²) in [4.78, 5) is 28.7. The highest BCUT2D eigenvalue weighted by Gasteiger charge is 2.71. The van der Waals surface area contributed by atoms with E-state index in [1.54, 1.807) is 4.57 Å². The molecule has 188 valence electrons. The lowest BCUT2D eigenvalue weighted by atomic mass is 9.40. The van der Waals surface area contributed by atoms with E-state index in [-0.39, 0.29) is 51.2 Å². The van der Waals surface area contributed by atoms with E-state index in [0.717, 1.165) is 25.7 Å². The number of fused-ring (bicyclic) bond motifs is 5. The van der Waals surface area contributed by atoms with Crippen molar-refractivity contribution >= 4 is 10.8 Å². The molecule has 5 nitrogen and oxygen atoms in total. The molecule has 2 saturated carbocycles. The first-order valence-corrected chi connectivity index (χ1v) is 14.1. The smallest absolute Gasteiger partial charge is 0.246 e. The zero-order valence-electron chi connectivity index (χ0n) is 21.8. The number of hydrogen-bond acceptors (Lipinski definition) is 2. The van der Waals surface area contributed by atoms with Gasteiger partial charge in [0, 0.05) is 11.5 Å². The zero-order chi connectivity index (χ0) is 25.1. The Labute approximate surface area is 216 Å². The van der Waals surface area contributed by atoms with E-state index in [9.17, 15) is 9.59 Å². The van der Waals surface area contributed by atoms with Crippen LogP contribution in [0.1, 0.15) is 75.7 Å². The van der Waals surface area contributed by atoms with E-state index < -0.39 is 0 Å². The van der Waals surface area contributed by atoms with Gasteiger partial charge in [0.05, 0.1) is 17.5 Å². The molecule has 3 aromatic rings. The number of aromatic nitrogens is 3. The Morgan fingerprint density at radius 2 is 1.62 bits per heavy atom. The van der Waals surface area contributed by atoms with Crippen molar-refractivity contribution in [2.45, 2.75) is 76.4 Å². The van der Waals surface area contributed by atoms with E-state index in [1.165, 1.54) is 28.3 Å². The van der Waals surface area contributed by atoms with Crippen molar-refractivity contribution in [2.75, 3.05) is 0 Å². The summed E-state index contributed by atoms with van der Waals surface area (Å²) >= 11 is 0. The van der Waals surface area contributed by atoms with Crippen LogP contribution in [0.3, 0.4) is 0 Å². The van der Waals surface area contributed by atoms with Crippen molar-refractivity contribution in [3.8, 4) is 0 Å². The topological polar surface area (TPSA) is 48.9 Å². The summed E-state index contributed by atoms with van der Waals surface area (Å²) in [5.41, 5.74) is 2.23. The highest BCUT2D eigenvalue weighted by Crippen LogP contribution is 2.73. The van der Waals surface area contributed by atoms with E-state index in [4.69, 9.17) is 0 Å². The van der Waals surface area contributed by atoms with Crippen molar-refractivity contribution < 1.29 is 0 Å². The normalized spacial score (nSPS) is 40.8. The van der Waals surface area contributed by atoms with Crippen molar-refractivity contribution in [3.63, 3.8) is 0 Å². The van der Waals surface area contributed by atoms with Crippen molar-refractivity contribution in [2.24, 2.45) is 22.2 Å². The predicted molar refractivity (Wildman–Crippen MR) is 144 cm³/mol. The Balaban J connectivity index is 1.32. The molecule has 5 aliphatic carbocycles. The standard InChI is InChI=1S/C32H33N3O2/c1-29(2)21-13-14-30(29,3)25(18-21)33-27(36)34-23-10-11-24(35(34)28(33)37)32-17-16-31(23,32)15-12-20-9-8-19-6-4-5-7-22(19)26(20)32/h4-11,16-17,21,23-25H,12-15,18H2,1-3H3/t21-,23-,24-,25-,30+,31+,32-/m1/s1.